The number of likely N-dealkylation sites (tertiary alicyclic amines) is 1. The Bertz CT molecular complexity index is 869. The first kappa shape index (κ1) is 22.3. The molecular formula is C25H33NO4. The molecule has 1 heterocycles. The first-order valence-electron chi connectivity index (χ1n) is 10.8. The highest BCUT2D eigenvalue weighted by Crippen LogP contribution is 2.52. The molecule has 5 nitrogen and oxygen atoms in total. The Hall–Kier alpha value is -2.37. The van der Waals surface area contributed by atoms with Gasteiger partial charge in [0.15, 0.2) is 6.10 Å². The van der Waals surface area contributed by atoms with E-state index in [4.69, 9.17) is 10.2 Å². The average Bonchev–Trinajstić information content (AvgIpc) is 2.76. The van der Waals surface area contributed by atoms with Gasteiger partial charge in [0.05, 0.1) is 0 Å². The molecule has 0 radical (unpaired) electrons. The van der Waals surface area contributed by atoms with Gasteiger partial charge in [0, 0.05) is 11.5 Å². The Balaban J connectivity index is 0.000000199. The third-order valence-electron chi connectivity index (χ3n) is 7.13. The number of likely N-dealkylation sites (N-methyl/N-ethyl adjacent to an activating group) is 1. The van der Waals surface area contributed by atoms with Gasteiger partial charge in [-0.2, -0.15) is 0 Å². The summed E-state index contributed by atoms with van der Waals surface area (Å²) in [6.45, 7) is 5.84. The van der Waals surface area contributed by atoms with Crippen LogP contribution in [0.1, 0.15) is 55.9 Å². The summed E-state index contributed by atoms with van der Waals surface area (Å²) >= 11 is 0. The van der Waals surface area contributed by atoms with Crippen LogP contribution < -0.4 is 0 Å². The van der Waals surface area contributed by atoms with Crippen molar-refractivity contribution in [2.45, 2.75) is 57.1 Å². The molecule has 30 heavy (non-hydrogen) atoms. The van der Waals surface area contributed by atoms with Crippen LogP contribution in [-0.4, -0.2) is 45.8 Å². The fraction of sp³-hybridized carbons (Fsp3) is 0.480. The molecule has 2 aromatic rings. The second-order valence-electron chi connectivity index (χ2n) is 8.52. The minimum absolute atomic E-state index is 0.290. The lowest BCUT2D eigenvalue weighted by atomic mass is 9.55. The van der Waals surface area contributed by atoms with Gasteiger partial charge in [0.1, 0.15) is 5.75 Å². The van der Waals surface area contributed by atoms with E-state index in [1.807, 2.05) is 12.1 Å². The molecular weight excluding hydrogens is 378 g/mol. The predicted octanol–water partition coefficient (Wildman–Crippen LogP) is 4.13. The molecule has 1 aliphatic carbocycles. The molecule has 0 spiro atoms. The summed E-state index contributed by atoms with van der Waals surface area (Å²) in [6.07, 6.45) is 3.39. The SMILES string of the molecule is CC[C@@H]1[C@@H]2Cc3ccc(O)cc3[C@@]1(CC)CCN2C.O=C(O)[C@@H](O)c1ccccc1. The van der Waals surface area contributed by atoms with Crippen LogP contribution >= 0.6 is 0 Å². The van der Waals surface area contributed by atoms with Gasteiger partial charge in [-0.25, -0.2) is 4.79 Å². The van der Waals surface area contributed by atoms with E-state index in [1.165, 1.54) is 36.9 Å². The van der Waals surface area contributed by atoms with E-state index >= 15 is 0 Å². The first-order valence-corrected chi connectivity index (χ1v) is 10.8. The number of fused-ring (bicyclic) bond motifs is 4. The van der Waals surface area contributed by atoms with Crippen molar-refractivity contribution in [3.05, 3.63) is 65.2 Å². The second kappa shape index (κ2) is 9.19. The zero-order valence-corrected chi connectivity index (χ0v) is 18.1. The Kier molecular flexibility index (Phi) is 6.84. The van der Waals surface area contributed by atoms with E-state index in [1.54, 1.807) is 30.3 Å². The van der Waals surface area contributed by atoms with Gasteiger partial charge in [-0.15, -0.1) is 0 Å². The maximum atomic E-state index is 10.2. The minimum atomic E-state index is -1.41. The Morgan fingerprint density at radius 2 is 1.90 bits per heavy atom. The van der Waals surface area contributed by atoms with E-state index in [9.17, 15) is 9.90 Å². The number of aliphatic hydroxyl groups is 1. The number of hydrogen-bond acceptors (Lipinski definition) is 4. The van der Waals surface area contributed by atoms with E-state index in [0.717, 1.165) is 12.3 Å². The van der Waals surface area contributed by atoms with Gasteiger partial charge in [-0.05, 0) is 67.6 Å². The van der Waals surface area contributed by atoms with Gasteiger partial charge in [-0.1, -0.05) is 56.7 Å². The minimum Gasteiger partial charge on any atom is -0.508 e. The van der Waals surface area contributed by atoms with Crippen molar-refractivity contribution in [1.29, 1.82) is 0 Å². The van der Waals surface area contributed by atoms with Crippen LogP contribution in [0.15, 0.2) is 48.5 Å². The molecule has 0 aromatic heterocycles. The van der Waals surface area contributed by atoms with Crippen molar-refractivity contribution in [2.24, 2.45) is 5.92 Å². The number of hydrogen-bond donors (Lipinski definition) is 3. The van der Waals surface area contributed by atoms with Crippen molar-refractivity contribution in [2.75, 3.05) is 13.6 Å². The number of carboxylic acid groups (broad SMARTS) is 1. The van der Waals surface area contributed by atoms with Gasteiger partial charge in [0.25, 0.3) is 0 Å². The van der Waals surface area contributed by atoms with E-state index in [0.29, 0.717) is 17.4 Å². The molecule has 4 rings (SSSR count). The summed E-state index contributed by atoms with van der Waals surface area (Å²) in [4.78, 5) is 12.8. The molecule has 1 aliphatic heterocycles. The van der Waals surface area contributed by atoms with Gasteiger partial charge in [0.2, 0.25) is 0 Å². The molecule has 0 saturated carbocycles. The largest absolute Gasteiger partial charge is 0.508 e. The normalized spacial score (nSPS) is 26.1. The van der Waals surface area contributed by atoms with Crippen molar-refractivity contribution in [3.63, 3.8) is 0 Å². The number of aromatic hydroxyl groups is 1. The summed E-state index contributed by atoms with van der Waals surface area (Å²) < 4.78 is 0. The van der Waals surface area contributed by atoms with Crippen LogP contribution in [0.25, 0.3) is 0 Å². The zero-order valence-electron chi connectivity index (χ0n) is 18.1. The summed E-state index contributed by atoms with van der Waals surface area (Å²) in [7, 11) is 2.28. The molecule has 4 atom stereocenters. The van der Waals surface area contributed by atoms with Crippen molar-refractivity contribution < 1.29 is 20.1 Å². The standard InChI is InChI=1S/C17H25NO.C8H8O3/c1-4-14-16-10-12-6-7-13(19)11-15(12)17(14,5-2)8-9-18(16)3;9-7(8(10)11)6-4-2-1-3-5-6/h6-7,11,14,16,19H,4-5,8-10H2,1-3H3;1-5,7,9H,(H,10,11)/t14-,16+,17+;7-/m10/s1. The van der Waals surface area contributed by atoms with Gasteiger partial charge < -0.3 is 20.2 Å². The van der Waals surface area contributed by atoms with Crippen LogP contribution in [0.2, 0.25) is 0 Å². The van der Waals surface area contributed by atoms with Gasteiger partial charge >= 0.3 is 5.97 Å². The predicted molar refractivity (Wildman–Crippen MR) is 118 cm³/mol. The maximum absolute atomic E-state index is 10.2. The quantitative estimate of drug-likeness (QED) is 0.705. The summed E-state index contributed by atoms with van der Waals surface area (Å²) in [5, 5.41) is 27.3. The van der Waals surface area contributed by atoms with Crippen molar-refractivity contribution in [1.82, 2.24) is 4.90 Å². The molecule has 0 unspecified atom stereocenters. The Morgan fingerprint density at radius 3 is 2.50 bits per heavy atom. The number of aliphatic hydroxyl groups excluding tert-OH is 1. The lowest BCUT2D eigenvalue weighted by Gasteiger charge is -2.56. The number of benzene rings is 2. The molecule has 162 valence electrons. The van der Waals surface area contributed by atoms with Crippen LogP contribution in [-0.2, 0) is 16.6 Å². The number of piperidine rings is 1. The Labute approximate surface area is 179 Å². The number of nitrogens with zero attached hydrogens (tertiary/aromatic N) is 1. The van der Waals surface area contributed by atoms with E-state index < -0.39 is 12.1 Å². The van der Waals surface area contributed by atoms with Crippen molar-refractivity contribution in [3.8, 4) is 5.75 Å². The summed E-state index contributed by atoms with van der Waals surface area (Å²) in [6, 6.07) is 15.0. The van der Waals surface area contributed by atoms with Crippen LogP contribution in [0.4, 0.5) is 0 Å². The number of phenols is 1. The zero-order chi connectivity index (χ0) is 21.9. The number of phenolic OH excluding ortho intramolecular Hbond substituents is 1. The maximum Gasteiger partial charge on any atom is 0.337 e. The number of carboxylic acids is 1. The second-order valence-corrected chi connectivity index (χ2v) is 8.52. The molecule has 2 aromatic carbocycles. The van der Waals surface area contributed by atoms with E-state index in [-0.39, 0.29) is 5.41 Å². The molecule has 5 heteroatoms. The highest BCUT2D eigenvalue weighted by molar-refractivity contribution is 5.73. The van der Waals surface area contributed by atoms with Crippen molar-refractivity contribution >= 4 is 5.97 Å². The molecule has 1 fully saturated rings. The molecule has 1 saturated heterocycles. The summed E-state index contributed by atoms with van der Waals surface area (Å²) in [5.41, 5.74) is 3.59. The molecule has 2 bridgehead atoms. The number of aliphatic carboxylic acids is 1. The number of carbonyl (C=O) groups is 1. The topological polar surface area (TPSA) is 81.0 Å². The smallest absolute Gasteiger partial charge is 0.337 e. The van der Waals surface area contributed by atoms with Gasteiger partial charge in [-0.3, -0.25) is 0 Å². The average molecular weight is 412 g/mol. The van der Waals surface area contributed by atoms with Crippen LogP contribution in [0.5, 0.6) is 5.75 Å². The monoisotopic (exact) mass is 411 g/mol. The highest BCUT2D eigenvalue weighted by Gasteiger charge is 2.50. The number of rotatable bonds is 4. The van der Waals surface area contributed by atoms with E-state index in [2.05, 4.69) is 31.9 Å². The lowest BCUT2D eigenvalue weighted by molar-refractivity contribution is -0.146. The Morgan fingerprint density at radius 1 is 1.20 bits per heavy atom. The highest BCUT2D eigenvalue weighted by atomic mass is 16.4. The first-order chi connectivity index (χ1) is 14.3. The van der Waals surface area contributed by atoms with Crippen LogP contribution in [0, 0.1) is 5.92 Å². The third-order valence-corrected chi connectivity index (χ3v) is 7.13. The third kappa shape index (κ3) is 4.09. The molecule has 0 amide bonds. The fourth-order valence-electron chi connectivity index (χ4n) is 5.54. The summed E-state index contributed by atoms with van der Waals surface area (Å²) in [5.74, 6) is -0.0689. The van der Waals surface area contributed by atoms with Crippen LogP contribution in [0.3, 0.4) is 0 Å². The molecule has 3 N–H and O–H groups in total. The fourth-order valence-corrected chi connectivity index (χ4v) is 5.54. The lowest BCUT2D eigenvalue weighted by Crippen LogP contribution is -2.58. The molecule has 2 aliphatic rings.